The van der Waals surface area contributed by atoms with Crippen LogP contribution in [-0.4, -0.2) is 30.6 Å². The molecule has 3 atom stereocenters. The third-order valence-electron chi connectivity index (χ3n) is 3.72. The van der Waals surface area contributed by atoms with E-state index in [2.05, 4.69) is 18.4 Å². The average Bonchev–Trinajstić information content (AvgIpc) is 2.47. The van der Waals surface area contributed by atoms with E-state index in [1.807, 2.05) is 0 Å². The van der Waals surface area contributed by atoms with Gasteiger partial charge in [0, 0.05) is 25.7 Å². The highest BCUT2D eigenvalue weighted by Crippen LogP contribution is 2.35. The van der Waals surface area contributed by atoms with Crippen LogP contribution < -0.4 is 5.73 Å². The zero-order valence-electron chi connectivity index (χ0n) is 9.21. The molecule has 14 heavy (non-hydrogen) atoms. The molecule has 3 unspecified atom stereocenters. The van der Waals surface area contributed by atoms with Gasteiger partial charge in [0.15, 0.2) is 0 Å². The van der Waals surface area contributed by atoms with Gasteiger partial charge in [0.1, 0.15) is 0 Å². The van der Waals surface area contributed by atoms with E-state index >= 15 is 0 Å². The van der Waals surface area contributed by atoms with E-state index in [0.29, 0.717) is 6.04 Å². The summed E-state index contributed by atoms with van der Waals surface area (Å²) in [4.78, 5) is 2.53. The first-order valence-corrected chi connectivity index (χ1v) is 5.79. The Kier molecular flexibility index (Phi) is 2.93. The maximum absolute atomic E-state index is 6.16. The van der Waals surface area contributed by atoms with Crippen LogP contribution in [0.4, 0.5) is 0 Å². The Balaban J connectivity index is 1.93. The molecule has 80 valence electrons. The van der Waals surface area contributed by atoms with Gasteiger partial charge in [0.2, 0.25) is 0 Å². The van der Waals surface area contributed by atoms with E-state index in [0.717, 1.165) is 18.4 Å². The summed E-state index contributed by atoms with van der Waals surface area (Å²) >= 11 is 0. The second kappa shape index (κ2) is 4.03. The molecular weight excluding hydrogens is 172 g/mol. The predicted molar refractivity (Wildman–Crippen MR) is 60.1 cm³/mol. The van der Waals surface area contributed by atoms with Gasteiger partial charge in [-0.3, -0.25) is 4.90 Å². The van der Waals surface area contributed by atoms with Crippen molar-refractivity contribution in [3.05, 3.63) is 12.2 Å². The molecule has 0 aromatic carbocycles. The Morgan fingerprint density at radius 2 is 2.21 bits per heavy atom. The van der Waals surface area contributed by atoms with Crippen LogP contribution in [0.3, 0.4) is 0 Å². The van der Waals surface area contributed by atoms with Crippen molar-refractivity contribution in [2.24, 2.45) is 17.6 Å². The third kappa shape index (κ3) is 2.01. The number of fused-ring (bicyclic) bond motifs is 1. The lowest BCUT2D eigenvalue weighted by Crippen LogP contribution is -2.38. The summed E-state index contributed by atoms with van der Waals surface area (Å²) in [5.74, 6) is 1.64. The van der Waals surface area contributed by atoms with Gasteiger partial charge in [-0.2, -0.15) is 0 Å². The van der Waals surface area contributed by atoms with Crippen LogP contribution >= 0.6 is 0 Å². The normalized spacial score (nSPS) is 38.3. The summed E-state index contributed by atoms with van der Waals surface area (Å²) < 4.78 is 0. The zero-order chi connectivity index (χ0) is 10.1. The van der Waals surface area contributed by atoms with E-state index in [9.17, 15) is 0 Å². The Labute approximate surface area is 87.2 Å². The maximum atomic E-state index is 6.16. The van der Waals surface area contributed by atoms with Crippen LogP contribution in [0, 0.1) is 11.8 Å². The Bertz CT molecular complexity index is 224. The van der Waals surface area contributed by atoms with Gasteiger partial charge in [-0.1, -0.05) is 18.6 Å². The first-order valence-electron chi connectivity index (χ1n) is 5.79. The molecule has 1 aliphatic carbocycles. The number of likely N-dealkylation sites (tertiary alicyclic amines) is 1. The van der Waals surface area contributed by atoms with Gasteiger partial charge in [0.25, 0.3) is 0 Å². The van der Waals surface area contributed by atoms with Crippen LogP contribution in [0.1, 0.15) is 26.2 Å². The highest BCUT2D eigenvalue weighted by molar-refractivity contribution is 4.98. The van der Waals surface area contributed by atoms with Crippen molar-refractivity contribution in [3.63, 3.8) is 0 Å². The Hall–Kier alpha value is -0.340. The molecule has 2 heteroatoms. The molecule has 2 N–H and O–H groups in total. The van der Waals surface area contributed by atoms with Crippen molar-refractivity contribution < 1.29 is 0 Å². The van der Waals surface area contributed by atoms with Crippen LogP contribution in [0.15, 0.2) is 12.2 Å². The summed E-state index contributed by atoms with van der Waals surface area (Å²) in [6, 6.07) is 0.462. The second-order valence-corrected chi connectivity index (χ2v) is 5.17. The van der Waals surface area contributed by atoms with Gasteiger partial charge >= 0.3 is 0 Å². The molecule has 2 fully saturated rings. The van der Waals surface area contributed by atoms with Crippen molar-refractivity contribution in [2.45, 2.75) is 32.2 Å². The quantitative estimate of drug-likeness (QED) is 0.677. The fourth-order valence-electron chi connectivity index (χ4n) is 3.12. The monoisotopic (exact) mass is 194 g/mol. The summed E-state index contributed by atoms with van der Waals surface area (Å²) in [5, 5.41) is 0. The second-order valence-electron chi connectivity index (χ2n) is 5.17. The Morgan fingerprint density at radius 1 is 1.43 bits per heavy atom. The molecule has 0 spiro atoms. The minimum atomic E-state index is 0.462. The predicted octanol–water partition coefficient (Wildman–Crippen LogP) is 1.62. The minimum absolute atomic E-state index is 0.462. The van der Waals surface area contributed by atoms with Crippen molar-refractivity contribution in [2.75, 3.05) is 19.6 Å². The molecule has 1 heterocycles. The van der Waals surface area contributed by atoms with Gasteiger partial charge in [-0.05, 0) is 31.6 Å². The Morgan fingerprint density at radius 3 is 2.86 bits per heavy atom. The van der Waals surface area contributed by atoms with Crippen LogP contribution in [0.2, 0.25) is 0 Å². The minimum Gasteiger partial charge on any atom is -0.327 e. The molecular formula is C12H22N2. The number of nitrogens with two attached hydrogens (primary N) is 1. The lowest BCUT2D eigenvalue weighted by atomic mass is 9.78. The van der Waals surface area contributed by atoms with E-state index in [-0.39, 0.29) is 0 Å². The molecule has 0 bridgehead atoms. The standard InChI is InChI=1S/C12H22N2/c1-9(2)6-14-7-10-4-3-5-12(13)11(10)8-14/h10-12H,1,3-8,13H2,2H3. The molecule has 2 rings (SSSR count). The topological polar surface area (TPSA) is 29.3 Å². The molecule has 2 nitrogen and oxygen atoms in total. The van der Waals surface area contributed by atoms with Crippen molar-refractivity contribution in [1.29, 1.82) is 0 Å². The number of rotatable bonds is 2. The van der Waals surface area contributed by atoms with Crippen LogP contribution in [0.25, 0.3) is 0 Å². The summed E-state index contributed by atoms with van der Waals surface area (Å²) in [6.07, 6.45) is 3.97. The lowest BCUT2D eigenvalue weighted by Gasteiger charge is -2.29. The van der Waals surface area contributed by atoms with E-state index < -0.39 is 0 Å². The highest BCUT2D eigenvalue weighted by Gasteiger charge is 2.38. The smallest absolute Gasteiger partial charge is 0.0187 e. The molecule has 1 saturated heterocycles. The van der Waals surface area contributed by atoms with Gasteiger partial charge in [-0.15, -0.1) is 0 Å². The van der Waals surface area contributed by atoms with Gasteiger partial charge in [0.05, 0.1) is 0 Å². The highest BCUT2D eigenvalue weighted by atomic mass is 15.2. The van der Waals surface area contributed by atoms with Crippen molar-refractivity contribution in [1.82, 2.24) is 4.90 Å². The summed E-state index contributed by atoms with van der Waals surface area (Å²) in [6.45, 7) is 9.63. The molecule has 1 saturated carbocycles. The SMILES string of the molecule is C=C(C)CN1CC2CCCC(N)C2C1. The molecule has 1 aliphatic heterocycles. The molecule has 2 aliphatic rings. The zero-order valence-corrected chi connectivity index (χ0v) is 9.21. The largest absolute Gasteiger partial charge is 0.327 e. The maximum Gasteiger partial charge on any atom is 0.0187 e. The van der Waals surface area contributed by atoms with Gasteiger partial charge in [-0.25, -0.2) is 0 Å². The molecule has 0 amide bonds. The summed E-state index contributed by atoms with van der Waals surface area (Å²) in [5.41, 5.74) is 7.44. The van der Waals surface area contributed by atoms with Crippen molar-refractivity contribution >= 4 is 0 Å². The first-order chi connectivity index (χ1) is 6.66. The van der Waals surface area contributed by atoms with E-state index in [1.54, 1.807) is 0 Å². The van der Waals surface area contributed by atoms with E-state index in [1.165, 1.54) is 37.9 Å². The van der Waals surface area contributed by atoms with Crippen molar-refractivity contribution in [3.8, 4) is 0 Å². The number of hydrogen-bond donors (Lipinski definition) is 1. The fourth-order valence-corrected chi connectivity index (χ4v) is 3.12. The summed E-state index contributed by atoms with van der Waals surface area (Å²) in [7, 11) is 0. The fraction of sp³-hybridized carbons (Fsp3) is 0.833. The van der Waals surface area contributed by atoms with Gasteiger partial charge < -0.3 is 5.73 Å². The third-order valence-corrected chi connectivity index (χ3v) is 3.72. The number of hydrogen-bond acceptors (Lipinski definition) is 2. The number of nitrogens with zero attached hydrogens (tertiary/aromatic N) is 1. The molecule has 0 aromatic rings. The van der Waals surface area contributed by atoms with Crippen LogP contribution in [0.5, 0.6) is 0 Å². The average molecular weight is 194 g/mol. The molecule has 0 radical (unpaired) electrons. The van der Waals surface area contributed by atoms with Crippen LogP contribution in [-0.2, 0) is 0 Å². The first kappa shape index (κ1) is 10.2. The molecule has 0 aromatic heterocycles. The van der Waals surface area contributed by atoms with E-state index in [4.69, 9.17) is 5.73 Å². The lowest BCUT2D eigenvalue weighted by molar-refractivity contribution is 0.259.